The summed E-state index contributed by atoms with van der Waals surface area (Å²) in [7, 11) is 0. The van der Waals surface area contributed by atoms with Gasteiger partial charge in [0.05, 0.1) is 22.8 Å². The van der Waals surface area contributed by atoms with Crippen LogP contribution in [-0.2, 0) is 12.8 Å². The maximum absolute atomic E-state index is 12.2. The van der Waals surface area contributed by atoms with Gasteiger partial charge in [0.15, 0.2) is 0 Å². The van der Waals surface area contributed by atoms with Gasteiger partial charge in [-0.25, -0.2) is 9.78 Å². The van der Waals surface area contributed by atoms with Gasteiger partial charge in [-0.15, -0.1) is 15.0 Å². The average molecular weight is 549 g/mol. The number of anilines is 1. The lowest BCUT2D eigenvalue weighted by molar-refractivity contribution is 0.198. The molecule has 0 spiro atoms. The summed E-state index contributed by atoms with van der Waals surface area (Å²) in [5.74, 6) is 1.23. The van der Waals surface area contributed by atoms with Gasteiger partial charge >= 0.3 is 6.09 Å². The van der Waals surface area contributed by atoms with E-state index in [1.54, 1.807) is 0 Å². The van der Waals surface area contributed by atoms with E-state index in [2.05, 4.69) is 31.8 Å². The Bertz CT molecular complexity index is 1740. The molecule has 2 N–H and O–H groups in total. The first-order chi connectivity index (χ1) is 20.0. The van der Waals surface area contributed by atoms with Gasteiger partial charge < -0.3 is 14.6 Å². The zero-order valence-corrected chi connectivity index (χ0v) is 22.9. The molecule has 10 nitrogen and oxygen atoms in total. The predicted molar refractivity (Wildman–Crippen MR) is 158 cm³/mol. The van der Waals surface area contributed by atoms with Crippen LogP contribution in [0.1, 0.15) is 49.2 Å². The summed E-state index contributed by atoms with van der Waals surface area (Å²) in [6.45, 7) is 3.36. The molecule has 1 saturated heterocycles. The van der Waals surface area contributed by atoms with E-state index < -0.39 is 6.09 Å². The number of rotatable bonds is 3. The van der Waals surface area contributed by atoms with Crippen molar-refractivity contribution in [3.63, 3.8) is 0 Å². The lowest BCUT2D eigenvalue weighted by atomic mass is 9.95. The summed E-state index contributed by atoms with van der Waals surface area (Å²) in [5.41, 5.74) is 6.37. The minimum Gasteiger partial charge on any atom is -0.465 e. The summed E-state index contributed by atoms with van der Waals surface area (Å²) >= 11 is 0. The van der Waals surface area contributed by atoms with Crippen molar-refractivity contribution in [1.82, 2.24) is 29.4 Å². The van der Waals surface area contributed by atoms with Crippen molar-refractivity contribution < 1.29 is 9.90 Å². The Balaban J connectivity index is 1.29. The van der Waals surface area contributed by atoms with Crippen LogP contribution in [0.5, 0.6) is 0 Å². The molecule has 0 radical (unpaired) electrons. The predicted octanol–water partition coefficient (Wildman–Crippen LogP) is 5.31. The monoisotopic (exact) mass is 548 g/mol. The van der Waals surface area contributed by atoms with E-state index in [4.69, 9.17) is 10.4 Å². The smallest absolute Gasteiger partial charge is 0.412 e. The van der Waals surface area contributed by atoms with Crippen molar-refractivity contribution in [2.75, 3.05) is 18.0 Å². The van der Waals surface area contributed by atoms with Crippen LogP contribution in [-0.4, -0.2) is 65.7 Å². The number of amides is 1. The summed E-state index contributed by atoms with van der Waals surface area (Å²) in [6, 6.07) is 22.0. The molecular weight excluding hydrogens is 516 g/mol. The molecule has 0 saturated carbocycles. The van der Waals surface area contributed by atoms with Gasteiger partial charge in [-0.1, -0.05) is 42.5 Å². The van der Waals surface area contributed by atoms with Gasteiger partial charge in [-0.05, 0) is 62.4 Å². The van der Waals surface area contributed by atoms with Gasteiger partial charge in [0, 0.05) is 31.1 Å². The fraction of sp³-hybridized carbons (Fsp3) is 0.323. The molecule has 41 heavy (non-hydrogen) atoms. The Morgan fingerprint density at radius 3 is 2.46 bits per heavy atom. The van der Waals surface area contributed by atoms with Gasteiger partial charge in [0.2, 0.25) is 5.96 Å². The van der Waals surface area contributed by atoms with Gasteiger partial charge in [0.25, 0.3) is 0 Å². The second-order valence-corrected chi connectivity index (χ2v) is 11.1. The molecule has 2 atom stereocenters. The molecule has 4 heterocycles. The van der Waals surface area contributed by atoms with Crippen LogP contribution in [0.2, 0.25) is 0 Å². The zero-order chi connectivity index (χ0) is 28.1. The minimum atomic E-state index is -0.928. The third-order valence-electron chi connectivity index (χ3n) is 8.48. The second kappa shape index (κ2) is 10.0. The molecule has 1 amide bonds. The van der Waals surface area contributed by atoms with Crippen molar-refractivity contribution in [3.05, 3.63) is 83.7 Å². The molecule has 0 aliphatic carbocycles. The van der Waals surface area contributed by atoms with Crippen LogP contribution in [0.4, 0.5) is 10.5 Å². The largest absolute Gasteiger partial charge is 0.465 e. The van der Waals surface area contributed by atoms with Gasteiger partial charge in [-0.3, -0.25) is 10.3 Å². The standard InChI is InChI=1S/C31H32N8O2/c1-20-13-14-23-26(37(20)31(40)41)15-16-27-29(23)33-28(18-21-8-3-2-4-9-21)38(27)22-10-7-17-36(19-22)30(32)39-34-24-11-5-6-12-25(24)35-39/h2-6,8-9,11-12,15-16,20,22,32H,7,10,13-14,17-19H2,1H3,(H,40,41)/t20-,22+/m0/s1. The van der Waals surface area contributed by atoms with Crippen LogP contribution < -0.4 is 4.90 Å². The molecule has 208 valence electrons. The lowest BCUT2D eigenvalue weighted by Gasteiger charge is -2.35. The van der Waals surface area contributed by atoms with E-state index in [1.165, 1.54) is 15.3 Å². The third-order valence-corrected chi connectivity index (χ3v) is 8.48. The highest BCUT2D eigenvalue weighted by Crippen LogP contribution is 2.38. The molecule has 2 aliphatic rings. The number of aromatic nitrogens is 5. The minimum absolute atomic E-state index is 0.0752. The van der Waals surface area contributed by atoms with Gasteiger partial charge in [0.1, 0.15) is 16.9 Å². The number of likely N-dealkylation sites (tertiary alicyclic amines) is 1. The van der Waals surface area contributed by atoms with E-state index in [-0.39, 0.29) is 18.0 Å². The van der Waals surface area contributed by atoms with E-state index in [9.17, 15) is 9.90 Å². The molecule has 2 aromatic heterocycles. The molecule has 0 bridgehead atoms. The van der Waals surface area contributed by atoms with Crippen LogP contribution >= 0.6 is 0 Å². The highest BCUT2D eigenvalue weighted by atomic mass is 16.4. The van der Waals surface area contributed by atoms with Crippen LogP contribution in [0, 0.1) is 5.41 Å². The Morgan fingerprint density at radius 2 is 1.73 bits per heavy atom. The van der Waals surface area contributed by atoms with Crippen molar-refractivity contribution in [1.29, 1.82) is 5.41 Å². The first kappa shape index (κ1) is 25.3. The first-order valence-corrected chi connectivity index (χ1v) is 14.2. The van der Waals surface area contributed by atoms with Crippen molar-refractivity contribution in [2.24, 2.45) is 0 Å². The Labute approximate surface area is 237 Å². The molecule has 7 rings (SSSR count). The fourth-order valence-corrected chi connectivity index (χ4v) is 6.49. The Kier molecular flexibility index (Phi) is 6.18. The second-order valence-electron chi connectivity index (χ2n) is 11.1. The Morgan fingerprint density at radius 1 is 1.00 bits per heavy atom. The molecule has 10 heteroatoms. The van der Waals surface area contributed by atoms with Crippen LogP contribution in [0.3, 0.4) is 0 Å². The van der Waals surface area contributed by atoms with E-state index in [0.29, 0.717) is 13.0 Å². The maximum Gasteiger partial charge on any atom is 0.412 e. The number of hydrogen-bond acceptors (Lipinski definition) is 5. The van der Waals surface area contributed by atoms with Crippen LogP contribution in [0.15, 0.2) is 66.7 Å². The molecule has 2 aliphatic heterocycles. The SMILES string of the molecule is C[C@H]1CCc2c(ccc3c2nc(Cc2ccccc2)n3[C@@H]2CCCN(C(=N)n3nc4ccccc4n3)C2)N1C(=O)O. The van der Waals surface area contributed by atoms with Crippen molar-refractivity contribution in [2.45, 2.75) is 51.1 Å². The van der Waals surface area contributed by atoms with E-state index in [1.807, 2.05) is 61.5 Å². The molecule has 3 aromatic carbocycles. The maximum atomic E-state index is 12.2. The number of hydrogen-bond donors (Lipinski definition) is 2. The normalized spacial score (nSPS) is 19.0. The fourth-order valence-electron chi connectivity index (χ4n) is 6.49. The zero-order valence-electron chi connectivity index (χ0n) is 22.9. The third kappa shape index (κ3) is 4.39. The van der Waals surface area contributed by atoms with Crippen LogP contribution in [0.25, 0.3) is 22.1 Å². The summed E-state index contributed by atoms with van der Waals surface area (Å²) in [5, 5.41) is 28.0. The quantitative estimate of drug-likeness (QED) is 0.233. The number of nitrogens with one attached hydrogen (secondary N) is 1. The van der Waals surface area contributed by atoms with E-state index in [0.717, 1.165) is 71.4 Å². The number of nitrogens with zero attached hydrogens (tertiary/aromatic N) is 7. The number of imidazole rings is 1. The van der Waals surface area contributed by atoms with E-state index >= 15 is 0 Å². The first-order valence-electron chi connectivity index (χ1n) is 14.2. The topological polar surface area (TPSA) is 116 Å². The molecule has 1 fully saturated rings. The number of carbonyl (C=O) groups is 1. The summed E-state index contributed by atoms with van der Waals surface area (Å²) < 4.78 is 2.35. The average Bonchev–Trinajstić information content (AvgIpc) is 3.58. The molecular formula is C31H32N8O2. The summed E-state index contributed by atoms with van der Waals surface area (Å²) in [4.78, 5) is 22.3. The molecule has 5 aromatic rings. The van der Waals surface area contributed by atoms with Gasteiger partial charge in [-0.2, -0.15) is 0 Å². The molecule has 0 unspecified atom stereocenters. The number of piperidine rings is 1. The lowest BCUT2D eigenvalue weighted by Crippen LogP contribution is -2.44. The highest BCUT2D eigenvalue weighted by Gasteiger charge is 2.33. The number of fused-ring (bicyclic) bond motifs is 4. The van der Waals surface area contributed by atoms with Crippen molar-refractivity contribution >= 4 is 39.8 Å². The highest BCUT2D eigenvalue weighted by molar-refractivity contribution is 5.94. The number of aryl methyl sites for hydroxylation is 1. The Hall–Kier alpha value is -4.73. The number of carboxylic acid groups (broad SMARTS) is 1. The van der Waals surface area contributed by atoms with Crippen molar-refractivity contribution in [3.8, 4) is 0 Å². The summed E-state index contributed by atoms with van der Waals surface area (Å²) in [6.07, 6.45) is 3.18. The number of benzene rings is 3.